The van der Waals surface area contributed by atoms with Crippen molar-refractivity contribution >= 4 is 11.8 Å². The van der Waals surface area contributed by atoms with E-state index in [1.165, 1.54) is 6.08 Å². The Balaban J connectivity index is 1.96. The summed E-state index contributed by atoms with van der Waals surface area (Å²) in [6, 6.07) is 7.06. The molecule has 0 aromatic heterocycles. The van der Waals surface area contributed by atoms with Gasteiger partial charge in [-0.1, -0.05) is 31.6 Å². The summed E-state index contributed by atoms with van der Waals surface area (Å²) in [7, 11) is 0. The normalized spacial score (nSPS) is 16.0. The fourth-order valence-electron chi connectivity index (χ4n) is 2.72. The molecule has 0 heterocycles. The average Bonchev–Trinajstić information content (AvgIpc) is 3.02. The minimum atomic E-state index is -0.465. The summed E-state index contributed by atoms with van der Waals surface area (Å²) in [6.07, 6.45) is 4.92. The Labute approximate surface area is 130 Å². The predicted octanol–water partition coefficient (Wildman–Crippen LogP) is 1.52. The van der Waals surface area contributed by atoms with Crippen LogP contribution < -0.4 is 10.6 Å². The number of rotatable bonds is 6. The van der Waals surface area contributed by atoms with Gasteiger partial charge in [0.05, 0.1) is 12.1 Å². The molecule has 3 N–H and O–H groups in total. The second kappa shape index (κ2) is 7.22. The van der Waals surface area contributed by atoms with Gasteiger partial charge in [-0.05, 0) is 36.6 Å². The molecule has 2 rings (SSSR count). The minimum absolute atomic E-state index is 0.0234. The van der Waals surface area contributed by atoms with E-state index >= 15 is 0 Å². The molecule has 1 aliphatic rings. The average molecular weight is 302 g/mol. The standard InChI is InChI=1S/C17H22N2O3/c1-2-15(21)18-11-13-5-7-14(8-6-13)16(22)19-17(12-20)9-3-4-10-17/h2,5-8,20H,1,3-4,9-12H2,(H,18,21)(H,19,22). The van der Waals surface area contributed by atoms with Gasteiger partial charge in [-0.15, -0.1) is 0 Å². The van der Waals surface area contributed by atoms with Crippen molar-refractivity contribution in [2.75, 3.05) is 6.61 Å². The number of hydrogen-bond donors (Lipinski definition) is 3. The molecular formula is C17H22N2O3. The number of amides is 2. The fraction of sp³-hybridized carbons (Fsp3) is 0.412. The van der Waals surface area contributed by atoms with Gasteiger partial charge in [-0.2, -0.15) is 0 Å². The molecule has 5 nitrogen and oxygen atoms in total. The zero-order chi connectivity index (χ0) is 16.0. The lowest BCUT2D eigenvalue weighted by molar-refractivity contribution is -0.116. The van der Waals surface area contributed by atoms with Crippen LogP contribution in [0.25, 0.3) is 0 Å². The van der Waals surface area contributed by atoms with Crippen molar-refractivity contribution in [3.05, 3.63) is 48.0 Å². The van der Waals surface area contributed by atoms with E-state index in [-0.39, 0.29) is 18.4 Å². The molecule has 1 aliphatic carbocycles. The molecule has 0 atom stereocenters. The van der Waals surface area contributed by atoms with Gasteiger partial charge >= 0.3 is 0 Å². The molecule has 1 aromatic carbocycles. The van der Waals surface area contributed by atoms with Crippen LogP contribution in [0.5, 0.6) is 0 Å². The number of carbonyl (C=O) groups excluding carboxylic acids is 2. The van der Waals surface area contributed by atoms with Crippen LogP contribution in [0.2, 0.25) is 0 Å². The Morgan fingerprint density at radius 3 is 2.41 bits per heavy atom. The summed E-state index contributed by atoms with van der Waals surface area (Å²) in [6.45, 7) is 3.76. The predicted molar refractivity (Wildman–Crippen MR) is 84.2 cm³/mol. The van der Waals surface area contributed by atoms with Crippen LogP contribution in [-0.2, 0) is 11.3 Å². The highest BCUT2D eigenvalue weighted by Crippen LogP contribution is 2.29. The molecule has 0 radical (unpaired) electrons. The van der Waals surface area contributed by atoms with Crippen molar-refractivity contribution in [1.82, 2.24) is 10.6 Å². The third kappa shape index (κ3) is 3.95. The van der Waals surface area contributed by atoms with Gasteiger partial charge in [0.15, 0.2) is 0 Å². The Bertz CT molecular complexity index is 546. The molecule has 0 bridgehead atoms. The van der Waals surface area contributed by atoms with Gasteiger partial charge in [0.2, 0.25) is 5.91 Å². The van der Waals surface area contributed by atoms with Crippen LogP contribution >= 0.6 is 0 Å². The van der Waals surface area contributed by atoms with E-state index in [0.29, 0.717) is 12.1 Å². The first-order valence-electron chi connectivity index (χ1n) is 7.51. The van der Waals surface area contributed by atoms with Crippen LogP contribution in [0.15, 0.2) is 36.9 Å². The largest absolute Gasteiger partial charge is 0.394 e. The minimum Gasteiger partial charge on any atom is -0.394 e. The molecular weight excluding hydrogens is 280 g/mol. The van der Waals surface area contributed by atoms with Crippen molar-refractivity contribution in [2.24, 2.45) is 0 Å². The quantitative estimate of drug-likeness (QED) is 0.697. The van der Waals surface area contributed by atoms with Gasteiger partial charge < -0.3 is 15.7 Å². The highest BCUT2D eigenvalue weighted by molar-refractivity contribution is 5.94. The first-order valence-corrected chi connectivity index (χ1v) is 7.51. The Kier molecular flexibility index (Phi) is 5.33. The molecule has 118 valence electrons. The van der Waals surface area contributed by atoms with E-state index in [4.69, 9.17) is 0 Å². The lowest BCUT2D eigenvalue weighted by Crippen LogP contribution is -2.49. The van der Waals surface area contributed by atoms with E-state index in [1.54, 1.807) is 24.3 Å². The van der Waals surface area contributed by atoms with Crippen molar-refractivity contribution < 1.29 is 14.7 Å². The second-order valence-corrected chi connectivity index (χ2v) is 5.72. The van der Waals surface area contributed by atoms with Gasteiger partial charge in [-0.3, -0.25) is 9.59 Å². The highest BCUT2D eigenvalue weighted by Gasteiger charge is 2.34. The number of hydrogen-bond acceptors (Lipinski definition) is 3. The summed E-state index contributed by atoms with van der Waals surface area (Å²) >= 11 is 0. The number of nitrogens with one attached hydrogen (secondary N) is 2. The SMILES string of the molecule is C=CC(=O)NCc1ccc(C(=O)NC2(CO)CCCC2)cc1. The van der Waals surface area contributed by atoms with E-state index in [2.05, 4.69) is 17.2 Å². The maximum Gasteiger partial charge on any atom is 0.251 e. The molecule has 5 heteroatoms. The zero-order valence-corrected chi connectivity index (χ0v) is 12.6. The first kappa shape index (κ1) is 16.2. The molecule has 2 amide bonds. The molecule has 1 fully saturated rings. The number of aliphatic hydroxyl groups is 1. The Morgan fingerprint density at radius 2 is 1.86 bits per heavy atom. The topological polar surface area (TPSA) is 78.4 Å². The first-order chi connectivity index (χ1) is 10.6. The summed E-state index contributed by atoms with van der Waals surface area (Å²) < 4.78 is 0. The third-order valence-electron chi connectivity index (χ3n) is 4.11. The maximum atomic E-state index is 12.3. The van der Waals surface area contributed by atoms with E-state index in [1.807, 2.05) is 0 Å². The fourth-order valence-corrected chi connectivity index (χ4v) is 2.72. The molecule has 1 aromatic rings. The second-order valence-electron chi connectivity index (χ2n) is 5.72. The summed E-state index contributed by atoms with van der Waals surface area (Å²) in [5, 5.41) is 15.2. The van der Waals surface area contributed by atoms with E-state index in [0.717, 1.165) is 31.2 Å². The molecule has 0 aliphatic heterocycles. The Hall–Kier alpha value is -2.14. The highest BCUT2D eigenvalue weighted by atomic mass is 16.3. The molecule has 1 saturated carbocycles. The monoisotopic (exact) mass is 302 g/mol. The van der Waals surface area contributed by atoms with Gasteiger partial charge in [0, 0.05) is 12.1 Å². The van der Waals surface area contributed by atoms with Gasteiger partial charge in [0.1, 0.15) is 0 Å². The summed E-state index contributed by atoms with van der Waals surface area (Å²) in [4.78, 5) is 23.4. The maximum absolute atomic E-state index is 12.3. The van der Waals surface area contributed by atoms with Crippen molar-refractivity contribution in [1.29, 1.82) is 0 Å². The number of aliphatic hydroxyl groups excluding tert-OH is 1. The van der Waals surface area contributed by atoms with Crippen LogP contribution in [0.1, 0.15) is 41.6 Å². The van der Waals surface area contributed by atoms with Crippen LogP contribution in [0.3, 0.4) is 0 Å². The van der Waals surface area contributed by atoms with Gasteiger partial charge in [-0.25, -0.2) is 0 Å². The molecule has 22 heavy (non-hydrogen) atoms. The molecule has 0 unspecified atom stereocenters. The zero-order valence-electron chi connectivity index (χ0n) is 12.6. The summed E-state index contributed by atoms with van der Waals surface area (Å²) in [5.41, 5.74) is 0.997. The van der Waals surface area contributed by atoms with Crippen LogP contribution in [0, 0.1) is 0 Å². The van der Waals surface area contributed by atoms with Crippen LogP contribution in [0.4, 0.5) is 0 Å². The van der Waals surface area contributed by atoms with E-state index < -0.39 is 5.54 Å². The van der Waals surface area contributed by atoms with Crippen molar-refractivity contribution in [3.8, 4) is 0 Å². The lowest BCUT2D eigenvalue weighted by atomic mass is 9.98. The lowest BCUT2D eigenvalue weighted by Gasteiger charge is -2.28. The molecule has 0 saturated heterocycles. The van der Waals surface area contributed by atoms with E-state index in [9.17, 15) is 14.7 Å². The number of benzene rings is 1. The Morgan fingerprint density at radius 1 is 1.23 bits per heavy atom. The van der Waals surface area contributed by atoms with Crippen molar-refractivity contribution in [2.45, 2.75) is 37.8 Å². The third-order valence-corrected chi connectivity index (χ3v) is 4.11. The van der Waals surface area contributed by atoms with Crippen LogP contribution in [-0.4, -0.2) is 29.1 Å². The molecule has 0 spiro atoms. The smallest absolute Gasteiger partial charge is 0.251 e. The summed E-state index contributed by atoms with van der Waals surface area (Å²) in [5.74, 6) is -0.398. The van der Waals surface area contributed by atoms with Crippen molar-refractivity contribution in [3.63, 3.8) is 0 Å². The van der Waals surface area contributed by atoms with Gasteiger partial charge in [0.25, 0.3) is 5.91 Å². The number of carbonyl (C=O) groups is 2.